The van der Waals surface area contributed by atoms with Gasteiger partial charge < -0.3 is 5.32 Å². The smallest absolute Gasteiger partial charge is 0.142 e. The number of halogens is 4. The van der Waals surface area contributed by atoms with Crippen LogP contribution in [0.4, 0.5) is 4.39 Å². The van der Waals surface area contributed by atoms with E-state index in [1.807, 2.05) is 25.1 Å². The van der Waals surface area contributed by atoms with Gasteiger partial charge in [0.25, 0.3) is 0 Å². The molecule has 112 valence electrons. The molecule has 0 fully saturated rings. The summed E-state index contributed by atoms with van der Waals surface area (Å²) in [6.45, 7) is 2.71. The standard InChI is InChI=1S/C16H15Cl3FN/c1-10(12-3-5-14(18)16(20)8-12)21-7-6-11-2-4-13(17)9-15(11)19/h2-5,8-10,21H,6-7H2,1H3. The maximum atomic E-state index is 13.4. The van der Waals surface area contributed by atoms with Gasteiger partial charge in [0.15, 0.2) is 0 Å². The monoisotopic (exact) mass is 345 g/mol. The zero-order valence-electron chi connectivity index (χ0n) is 11.5. The largest absolute Gasteiger partial charge is 0.310 e. The van der Waals surface area contributed by atoms with Gasteiger partial charge >= 0.3 is 0 Å². The van der Waals surface area contributed by atoms with E-state index in [2.05, 4.69) is 5.32 Å². The van der Waals surface area contributed by atoms with E-state index in [9.17, 15) is 4.39 Å². The quantitative estimate of drug-likeness (QED) is 0.734. The van der Waals surface area contributed by atoms with Crippen LogP contribution in [0.5, 0.6) is 0 Å². The van der Waals surface area contributed by atoms with Gasteiger partial charge in [0.2, 0.25) is 0 Å². The second-order valence-electron chi connectivity index (χ2n) is 4.84. The van der Waals surface area contributed by atoms with Gasteiger partial charge in [-0.25, -0.2) is 4.39 Å². The Bertz CT molecular complexity index is 631. The van der Waals surface area contributed by atoms with E-state index in [4.69, 9.17) is 34.8 Å². The second kappa shape index (κ2) is 7.46. The van der Waals surface area contributed by atoms with Crippen LogP contribution in [-0.2, 0) is 6.42 Å². The number of rotatable bonds is 5. The molecule has 5 heteroatoms. The summed E-state index contributed by atoms with van der Waals surface area (Å²) in [6, 6.07) is 10.3. The van der Waals surface area contributed by atoms with Gasteiger partial charge in [0.05, 0.1) is 5.02 Å². The molecular weight excluding hydrogens is 332 g/mol. The third-order valence-corrected chi connectivity index (χ3v) is 4.20. The first-order valence-corrected chi connectivity index (χ1v) is 7.73. The van der Waals surface area contributed by atoms with Crippen LogP contribution in [0, 0.1) is 5.82 Å². The van der Waals surface area contributed by atoms with Gasteiger partial charge in [-0.1, -0.05) is 46.9 Å². The summed E-state index contributed by atoms with van der Waals surface area (Å²) in [5, 5.41) is 4.76. The van der Waals surface area contributed by atoms with Gasteiger partial charge in [-0.15, -0.1) is 0 Å². The highest BCUT2D eigenvalue weighted by Crippen LogP contribution is 2.22. The molecule has 2 aromatic rings. The van der Waals surface area contributed by atoms with Gasteiger partial charge in [-0.2, -0.15) is 0 Å². The second-order valence-corrected chi connectivity index (χ2v) is 6.09. The molecule has 0 saturated heterocycles. The molecule has 0 bridgehead atoms. The first-order chi connectivity index (χ1) is 9.97. The lowest BCUT2D eigenvalue weighted by Gasteiger charge is -2.15. The predicted octanol–water partition coefficient (Wildman–Crippen LogP) is 5.68. The van der Waals surface area contributed by atoms with Crippen molar-refractivity contribution in [1.29, 1.82) is 0 Å². The third-order valence-electron chi connectivity index (χ3n) is 3.30. The molecule has 1 atom stereocenters. The Kier molecular flexibility index (Phi) is 5.88. The highest BCUT2D eigenvalue weighted by molar-refractivity contribution is 6.35. The van der Waals surface area contributed by atoms with Crippen molar-refractivity contribution in [2.75, 3.05) is 6.54 Å². The highest BCUT2D eigenvalue weighted by atomic mass is 35.5. The Morgan fingerprint density at radius 3 is 2.48 bits per heavy atom. The summed E-state index contributed by atoms with van der Waals surface area (Å²) in [6.07, 6.45) is 0.774. The third kappa shape index (κ3) is 4.58. The van der Waals surface area contributed by atoms with Crippen molar-refractivity contribution in [1.82, 2.24) is 5.32 Å². The van der Waals surface area contributed by atoms with Crippen molar-refractivity contribution >= 4 is 34.8 Å². The Morgan fingerprint density at radius 1 is 1.05 bits per heavy atom. The molecule has 0 spiro atoms. The topological polar surface area (TPSA) is 12.0 Å². The zero-order valence-corrected chi connectivity index (χ0v) is 13.7. The fraction of sp³-hybridized carbons (Fsp3) is 0.250. The van der Waals surface area contributed by atoms with Crippen LogP contribution < -0.4 is 5.32 Å². The van der Waals surface area contributed by atoms with Crippen LogP contribution in [-0.4, -0.2) is 6.54 Å². The van der Waals surface area contributed by atoms with Crippen LogP contribution in [0.3, 0.4) is 0 Å². The minimum Gasteiger partial charge on any atom is -0.310 e. The fourth-order valence-corrected chi connectivity index (χ4v) is 2.67. The maximum absolute atomic E-state index is 13.4. The Labute approximate surface area is 139 Å². The van der Waals surface area contributed by atoms with Crippen molar-refractivity contribution in [2.45, 2.75) is 19.4 Å². The van der Waals surface area contributed by atoms with Crippen molar-refractivity contribution < 1.29 is 4.39 Å². The average molecular weight is 347 g/mol. The SMILES string of the molecule is CC(NCCc1ccc(Cl)cc1Cl)c1ccc(Cl)c(F)c1. The highest BCUT2D eigenvalue weighted by Gasteiger charge is 2.08. The average Bonchev–Trinajstić information content (AvgIpc) is 2.44. The van der Waals surface area contributed by atoms with Crippen molar-refractivity contribution in [3.8, 4) is 0 Å². The lowest BCUT2D eigenvalue weighted by atomic mass is 10.1. The number of hydrogen-bond donors (Lipinski definition) is 1. The van der Waals surface area contributed by atoms with Crippen molar-refractivity contribution in [3.63, 3.8) is 0 Å². The minimum atomic E-state index is -0.399. The lowest BCUT2D eigenvalue weighted by molar-refractivity contribution is 0.567. The summed E-state index contributed by atoms with van der Waals surface area (Å²) in [7, 11) is 0. The van der Waals surface area contributed by atoms with E-state index in [-0.39, 0.29) is 11.1 Å². The van der Waals surface area contributed by atoms with Crippen molar-refractivity contribution in [3.05, 3.63) is 68.4 Å². The predicted molar refractivity (Wildman–Crippen MR) is 88.0 cm³/mol. The molecule has 0 aliphatic carbocycles. The molecule has 1 nitrogen and oxygen atoms in total. The Hall–Kier alpha value is -0.800. The van der Waals surface area contributed by atoms with E-state index >= 15 is 0 Å². The first-order valence-electron chi connectivity index (χ1n) is 6.59. The summed E-state index contributed by atoms with van der Waals surface area (Å²) in [5.41, 5.74) is 1.89. The number of hydrogen-bond acceptors (Lipinski definition) is 1. The van der Waals surface area contributed by atoms with E-state index in [1.54, 1.807) is 12.1 Å². The molecule has 0 radical (unpaired) electrons. The van der Waals surface area contributed by atoms with Crippen LogP contribution in [0.25, 0.3) is 0 Å². The molecule has 0 heterocycles. The van der Waals surface area contributed by atoms with Crippen LogP contribution in [0.1, 0.15) is 24.1 Å². The molecule has 21 heavy (non-hydrogen) atoms. The molecule has 0 aromatic heterocycles. The van der Waals surface area contributed by atoms with Crippen molar-refractivity contribution in [2.24, 2.45) is 0 Å². The van der Waals surface area contributed by atoms with E-state index < -0.39 is 5.82 Å². The van der Waals surface area contributed by atoms with Crippen LogP contribution in [0.15, 0.2) is 36.4 Å². The zero-order chi connectivity index (χ0) is 15.4. The van der Waals surface area contributed by atoms with Crippen LogP contribution >= 0.6 is 34.8 Å². The molecule has 0 amide bonds. The van der Waals surface area contributed by atoms with Gasteiger partial charge in [0.1, 0.15) is 5.82 Å². The first kappa shape index (κ1) is 16.6. The minimum absolute atomic E-state index is 0.0304. The normalized spacial score (nSPS) is 12.4. The molecule has 0 aliphatic rings. The summed E-state index contributed by atoms with van der Waals surface area (Å²) in [4.78, 5) is 0. The van der Waals surface area contributed by atoms with E-state index in [0.29, 0.717) is 10.0 Å². The van der Waals surface area contributed by atoms with Gasteiger partial charge in [-0.3, -0.25) is 0 Å². The Balaban J connectivity index is 1.92. The number of benzene rings is 2. The summed E-state index contributed by atoms with van der Waals surface area (Å²) < 4.78 is 13.4. The molecular formula is C16H15Cl3FN. The van der Waals surface area contributed by atoms with Gasteiger partial charge in [-0.05, 0) is 55.3 Å². The van der Waals surface area contributed by atoms with Crippen LogP contribution in [0.2, 0.25) is 15.1 Å². The summed E-state index contributed by atoms with van der Waals surface area (Å²) in [5.74, 6) is -0.399. The van der Waals surface area contributed by atoms with Gasteiger partial charge in [0, 0.05) is 16.1 Å². The molecule has 2 aromatic carbocycles. The Morgan fingerprint density at radius 2 is 1.81 bits per heavy atom. The number of nitrogens with one attached hydrogen (secondary N) is 1. The fourth-order valence-electron chi connectivity index (χ4n) is 2.05. The van der Waals surface area contributed by atoms with E-state index in [0.717, 1.165) is 24.1 Å². The summed E-state index contributed by atoms with van der Waals surface area (Å²) >= 11 is 17.7. The maximum Gasteiger partial charge on any atom is 0.142 e. The lowest BCUT2D eigenvalue weighted by Crippen LogP contribution is -2.21. The molecule has 1 N–H and O–H groups in total. The molecule has 2 rings (SSSR count). The molecule has 1 unspecified atom stereocenters. The van der Waals surface area contributed by atoms with E-state index in [1.165, 1.54) is 6.07 Å². The molecule has 0 aliphatic heterocycles. The molecule has 0 saturated carbocycles.